The van der Waals surface area contributed by atoms with E-state index in [1.807, 2.05) is 13.0 Å². The van der Waals surface area contributed by atoms with E-state index in [-0.39, 0.29) is 5.75 Å². The van der Waals surface area contributed by atoms with Crippen molar-refractivity contribution in [1.82, 2.24) is 0 Å². The second kappa shape index (κ2) is 6.28. The molecule has 0 aliphatic heterocycles. The highest BCUT2D eigenvalue weighted by molar-refractivity contribution is 7.78. The van der Waals surface area contributed by atoms with Crippen molar-refractivity contribution in [2.45, 2.75) is 32.4 Å². The minimum absolute atomic E-state index is 0.0766. The molecule has 17 heavy (non-hydrogen) atoms. The molecule has 0 saturated carbocycles. The number of rotatable bonds is 5. The number of benzene rings is 1. The molecule has 1 unspecified atom stereocenters. The van der Waals surface area contributed by atoms with Crippen molar-refractivity contribution in [1.29, 1.82) is 0 Å². The molecule has 0 fully saturated rings. The number of carbonyl (C=O) groups is 1. The summed E-state index contributed by atoms with van der Waals surface area (Å²) in [4.78, 5) is 11.2. The van der Waals surface area contributed by atoms with Crippen molar-refractivity contribution < 1.29 is 13.6 Å². The number of halogens is 1. The predicted octanol–water partition coefficient (Wildman–Crippen LogP) is 2.71. The van der Waals surface area contributed by atoms with Crippen LogP contribution in [-0.4, -0.2) is 14.0 Å². The Balaban J connectivity index is 3.25. The molecule has 0 aliphatic rings. The van der Waals surface area contributed by atoms with E-state index in [0.29, 0.717) is 11.1 Å². The summed E-state index contributed by atoms with van der Waals surface area (Å²) in [7, 11) is 0. The summed E-state index contributed by atoms with van der Waals surface area (Å²) in [6.07, 6.45) is 1.72. The Morgan fingerprint density at radius 1 is 1.41 bits per heavy atom. The van der Waals surface area contributed by atoms with Gasteiger partial charge in [-0.15, -0.1) is 0 Å². The molecule has 1 rings (SSSR count). The van der Waals surface area contributed by atoms with Gasteiger partial charge < -0.3 is 4.55 Å². The van der Waals surface area contributed by atoms with Crippen molar-refractivity contribution in [3.05, 3.63) is 34.4 Å². The maximum absolute atomic E-state index is 11.2. The predicted molar refractivity (Wildman–Crippen MR) is 68.0 cm³/mol. The number of carbonyl (C=O) groups excluding carboxylic acids is 1. The Morgan fingerprint density at radius 3 is 2.53 bits per heavy atom. The van der Waals surface area contributed by atoms with Gasteiger partial charge in [0.15, 0.2) is 0 Å². The molecule has 1 aromatic rings. The quantitative estimate of drug-likeness (QED) is 0.612. The van der Waals surface area contributed by atoms with Crippen LogP contribution in [0.1, 0.15) is 40.4 Å². The van der Waals surface area contributed by atoms with Crippen LogP contribution in [0.4, 0.5) is 0 Å². The van der Waals surface area contributed by atoms with Gasteiger partial charge in [0.2, 0.25) is 0 Å². The molecule has 0 spiro atoms. The third kappa shape index (κ3) is 3.91. The van der Waals surface area contributed by atoms with E-state index in [1.165, 1.54) is 0 Å². The summed E-state index contributed by atoms with van der Waals surface area (Å²) in [5, 5.41) is -0.552. The van der Waals surface area contributed by atoms with Crippen molar-refractivity contribution in [2.75, 3.05) is 0 Å². The largest absolute Gasteiger partial charge is 0.772 e. The van der Waals surface area contributed by atoms with Crippen molar-refractivity contribution >= 4 is 27.9 Å². The maximum Gasteiger partial charge on any atom is 0.252 e. The summed E-state index contributed by atoms with van der Waals surface area (Å²) < 4.78 is 21.5. The number of hydrogen-bond acceptors (Lipinski definition) is 3. The summed E-state index contributed by atoms with van der Waals surface area (Å²) in [5.41, 5.74) is 2.80. The summed E-state index contributed by atoms with van der Waals surface area (Å²) in [5.74, 6) is -0.0766. The van der Waals surface area contributed by atoms with Gasteiger partial charge in [0.25, 0.3) is 5.24 Å². The smallest absolute Gasteiger partial charge is 0.252 e. The Kier molecular flexibility index (Phi) is 5.31. The Labute approximate surface area is 108 Å². The standard InChI is InChI=1S/C12H15ClO3S/c1-3-4-9-5-8(2)11(12(13)14)6-10(9)7-17(15)16/h5-6H,3-4,7H2,1-2H3,(H,15,16)/p-1. The van der Waals surface area contributed by atoms with E-state index in [1.54, 1.807) is 13.0 Å². The zero-order chi connectivity index (χ0) is 13.0. The molecule has 0 bridgehead atoms. The molecule has 0 saturated heterocycles. The van der Waals surface area contributed by atoms with Crippen molar-refractivity contribution in [3.8, 4) is 0 Å². The normalized spacial score (nSPS) is 12.5. The van der Waals surface area contributed by atoms with Gasteiger partial charge in [-0.25, -0.2) is 0 Å². The van der Waals surface area contributed by atoms with Gasteiger partial charge in [-0.05, 0) is 47.7 Å². The molecule has 0 N–H and O–H groups in total. The molecule has 1 aromatic carbocycles. The first-order chi connectivity index (χ1) is 7.95. The van der Waals surface area contributed by atoms with Crippen LogP contribution in [0, 0.1) is 6.92 Å². The first-order valence-electron chi connectivity index (χ1n) is 5.33. The second-order valence-corrected chi connectivity index (χ2v) is 5.15. The van der Waals surface area contributed by atoms with E-state index in [0.717, 1.165) is 24.0 Å². The fourth-order valence-electron chi connectivity index (χ4n) is 1.79. The molecule has 0 heterocycles. The van der Waals surface area contributed by atoms with Gasteiger partial charge in [-0.3, -0.25) is 9.00 Å². The zero-order valence-electron chi connectivity index (χ0n) is 9.79. The SMILES string of the molecule is CCCc1cc(C)c(C(=O)Cl)cc1CS(=O)[O-]. The van der Waals surface area contributed by atoms with Gasteiger partial charge in [0.1, 0.15) is 0 Å². The van der Waals surface area contributed by atoms with Crippen molar-refractivity contribution in [2.24, 2.45) is 0 Å². The van der Waals surface area contributed by atoms with Gasteiger partial charge >= 0.3 is 0 Å². The van der Waals surface area contributed by atoms with Gasteiger partial charge in [0.05, 0.1) is 0 Å². The van der Waals surface area contributed by atoms with Crippen LogP contribution in [0.2, 0.25) is 0 Å². The average Bonchev–Trinajstić information content (AvgIpc) is 2.21. The maximum atomic E-state index is 11.2. The van der Waals surface area contributed by atoms with E-state index in [9.17, 15) is 13.6 Å². The number of hydrogen-bond donors (Lipinski definition) is 0. The molecule has 3 nitrogen and oxygen atoms in total. The third-order valence-corrected chi connectivity index (χ3v) is 3.30. The van der Waals surface area contributed by atoms with Crippen LogP contribution in [0.3, 0.4) is 0 Å². The Bertz CT molecular complexity index is 457. The topological polar surface area (TPSA) is 57.2 Å². The fraction of sp³-hybridized carbons (Fsp3) is 0.417. The van der Waals surface area contributed by atoms with E-state index >= 15 is 0 Å². The van der Waals surface area contributed by atoms with Crippen LogP contribution < -0.4 is 0 Å². The summed E-state index contributed by atoms with van der Waals surface area (Å²) in [6, 6.07) is 3.44. The van der Waals surface area contributed by atoms with Crippen LogP contribution in [0.25, 0.3) is 0 Å². The highest BCUT2D eigenvalue weighted by atomic mass is 35.5. The average molecular weight is 274 g/mol. The first kappa shape index (κ1) is 14.4. The minimum atomic E-state index is -2.16. The van der Waals surface area contributed by atoms with E-state index < -0.39 is 16.3 Å². The lowest BCUT2D eigenvalue weighted by atomic mass is 9.98. The Hall–Kier alpha value is -0.710. The first-order valence-corrected chi connectivity index (χ1v) is 6.96. The molecule has 0 radical (unpaired) electrons. The van der Waals surface area contributed by atoms with Crippen LogP contribution in [0.5, 0.6) is 0 Å². The third-order valence-electron chi connectivity index (χ3n) is 2.55. The summed E-state index contributed by atoms with van der Waals surface area (Å²) in [6.45, 7) is 3.82. The van der Waals surface area contributed by atoms with Crippen molar-refractivity contribution in [3.63, 3.8) is 0 Å². The lowest BCUT2D eigenvalue weighted by Gasteiger charge is -2.14. The molecular formula is C12H14ClO3S-. The van der Waals surface area contributed by atoms with Crippen LogP contribution in [0.15, 0.2) is 12.1 Å². The zero-order valence-corrected chi connectivity index (χ0v) is 11.4. The van der Waals surface area contributed by atoms with Crippen LogP contribution in [-0.2, 0) is 23.3 Å². The number of aryl methyl sites for hydroxylation is 2. The van der Waals surface area contributed by atoms with Gasteiger partial charge in [0, 0.05) is 11.3 Å². The lowest BCUT2D eigenvalue weighted by molar-refractivity contribution is 0.108. The summed E-state index contributed by atoms with van der Waals surface area (Å²) >= 11 is 3.29. The molecule has 5 heteroatoms. The fourth-order valence-corrected chi connectivity index (χ4v) is 2.51. The Morgan fingerprint density at radius 2 is 2.06 bits per heavy atom. The highest BCUT2D eigenvalue weighted by Crippen LogP contribution is 2.21. The highest BCUT2D eigenvalue weighted by Gasteiger charge is 2.11. The molecule has 1 atom stereocenters. The lowest BCUT2D eigenvalue weighted by Crippen LogP contribution is -2.04. The van der Waals surface area contributed by atoms with E-state index in [4.69, 9.17) is 11.6 Å². The molecular weight excluding hydrogens is 260 g/mol. The van der Waals surface area contributed by atoms with Gasteiger partial charge in [-0.2, -0.15) is 0 Å². The monoisotopic (exact) mass is 273 g/mol. The molecule has 0 aliphatic carbocycles. The molecule has 94 valence electrons. The van der Waals surface area contributed by atoms with Crippen LogP contribution >= 0.6 is 11.6 Å². The van der Waals surface area contributed by atoms with E-state index in [2.05, 4.69) is 0 Å². The second-order valence-electron chi connectivity index (χ2n) is 3.91. The minimum Gasteiger partial charge on any atom is -0.772 e. The molecule has 0 amide bonds. The molecule has 0 aromatic heterocycles. The van der Waals surface area contributed by atoms with Gasteiger partial charge in [-0.1, -0.05) is 30.5 Å².